The number of aliphatic hydroxyl groups is 2. The van der Waals surface area contributed by atoms with Gasteiger partial charge in [-0.2, -0.15) is 0 Å². The van der Waals surface area contributed by atoms with Crippen molar-refractivity contribution in [1.82, 2.24) is 20.6 Å². The van der Waals surface area contributed by atoms with Gasteiger partial charge in [0.05, 0.1) is 30.0 Å². The second-order valence-electron chi connectivity index (χ2n) is 10.5. The van der Waals surface area contributed by atoms with Crippen LogP contribution in [0.15, 0.2) is 67.0 Å². The fraction of sp³-hybridized carbons (Fsp3) is 0.303. The molecule has 1 amide bonds. The number of benzene rings is 2. The highest BCUT2D eigenvalue weighted by molar-refractivity contribution is 6.35. The first-order valence-electron chi connectivity index (χ1n) is 14.1. The number of carbonyl (C=O) groups is 1. The van der Waals surface area contributed by atoms with Crippen LogP contribution >= 0.6 is 11.6 Å². The topological polar surface area (TPSA) is 129 Å². The first-order valence-corrected chi connectivity index (χ1v) is 14.5. The summed E-state index contributed by atoms with van der Waals surface area (Å²) in [4.78, 5) is 21.9. The number of halogens is 1. The van der Waals surface area contributed by atoms with E-state index in [0.29, 0.717) is 54.0 Å². The summed E-state index contributed by atoms with van der Waals surface area (Å²) >= 11 is 6.97. The van der Waals surface area contributed by atoms with Crippen molar-refractivity contribution in [2.45, 2.75) is 46.1 Å². The molecule has 0 saturated heterocycles. The summed E-state index contributed by atoms with van der Waals surface area (Å²) in [6.07, 6.45) is 2.49. The molecule has 0 radical (unpaired) electrons. The molecule has 2 aromatic carbocycles. The molecule has 0 aliphatic carbocycles. The summed E-state index contributed by atoms with van der Waals surface area (Å²) < 4.78 is 5.63. The Hall–Kier alpha value is -3.86. The SMILES string of the molecule is COc1cc(-c2nccc(-c3cccc(NC(=O)c4ccc(CNC[C@H](C)O)cn4)c3C)c2Cl)ccc1CNC[C@@H](C)O. The minimum Gasteiger partial charge on any atom is -0.496 e. The highest BCUT2D eigenvalue weighted by atomic mass is 35.5. The Balaban J connectivity index is 1.54. The van der Waals surface area contributed by atoms with Crippen LogP contribution in [0.5, 0.6) is 5.75 Å². The number of aliphatic hydroxyl groups excluding tert-OH is 2. The molecule has 4 rings (SSSR count). The van der Waals surface area contributed by atoms with Crippen molar-refractivity contribution in [3.63, 3.8) is 0 Å². The van der Waals surface area contributed by atoms with Crippen molar-refractivity contribution in [2.75, 3.05) is 25.5 Å². The average Bonchev–Trinajstić information content (AvgIpc) is 2.98. The molecule has 226 valence electrons. The molecular formula is C33H38ClN5O4. The van der Waals surface area contributed by atoms with Gasteiger partial charge in [-0.3, -0.25) is 14.8 Å². The van der Waals surface area contributed by atoms with Crippen molar-refractivity contribution < 1.29 is 19.7 Å². The van der Waals surface area contributed by atoms with E-state index in [0.717, 1.165) is 33.4 Å². The van der Waals surface area contributed by atoms with Crippen LogP contribution in [0.1, 0.15) is 41.0 Å². The minimum atomic E-state index is -0.440. The predicted molar refractivity (Wildman–Crippen MR) is 170 cm³/mol. The smallest absolute Gasteiger partial charge is 0.274 e. The molecule has 2 aromatic heterocycles. The van der Waals surface area contributed by atoms with Gasteiger partial charge in [0.1, 0.15) is 11.4 Å². The van der Waals surface area contributed by atoms with E-state index in [1.165, 1.54) is 0 Å². The zero-order valence-electron chi connectivity index (χ0n) is 24.8. The zero-order chi connectivity index (χ0) is 30.9. The number of aromatic nitrogens is 2. The lowest BCUT2D eigenvalue weighted by atomic mass is 9.97. The molecular weight excluding hydrogens is 566 g/mol. The molecule has 4 aromatic rings. The Morgan fingerprint density at radius 3 is 2.37 bits per heavy atom. The maximum atomic E-state index is 13.0. The minimum absolute atomic E-state index is 0.298. The lowest BCUT2D eigenvalue weighted by molar-refractivity contribution is 0.102. The van der Waals surface area contributed by atoms with E-state index in [-0.39, 0.29) is 5.91 Å². The second kappa shape index (κ2) is 15.0. The lowest BCUT2D eigenvalue weighted by Crippen LogP contribution is -2.24. The van der Waals surface area contributed by atoms with Crippen LogP contribution < -0.4 is 20.7 Å². The molecule has 0 fully saturated rings. The molecule has 43 heavy (non-hydrogen) atoms. The van der Waals surface area contributed by atoms with Crippen molar-refractivity contribution >= 4 is 23.2 Å². The fourth-order valence-corrected chi connectivity index (χ4v) is 4.97. The molecule has 2 atom stereocenters. The van der Waals surface area contributed by atoms with Gasteiger partial charge in [0, 0.05) is 61.0 Å². The van der Waals surface area contributed by atoms with Gasteiger partial charge >= 0.3 is 0 Å². The van der Waals surface area contributed by atoms with Crippen LogP contribution in [0.4, 0.5) is 5.69 Å². The van der Waals surface area contributed by atoms with Gasteiger partial charge in [-0.05, 0) is 61.7 Å². The number of hydrogen-bond acceptors (Lipinski definition) is 8. The van der Waals surface area contributed by atoms with Crippen LogP contribution in [0.3, 0.4) is 0 Å². The van der Waals surface area contributed by atoms with Gasteiger partial charge in [0.15, 0.2) is 0 Å². The van der Waals surface area contributed by atoms with E-state index in [9.17, 15) is 15.0 Å². The second-order valence-corrected chi connectivity index (χ2v) is 10.9. The predicted octanol–water partition coefficient (Wildman–Crippen LogP) is 4.97. The number of carbonyl (C=O) groups excluding carboxylic acids is 1. The van der Waals surface area contributed by atoms with Gasteiger partial charge in [-0.1, -0.05) is 41.9 Å². The average molecular weight is 604 g/mol. The van der Waals surface area contributed by atoms with E-state index >= 15 is 0 Å². The third-order valence-electron chi connectivity index (χ3n) is 6.90. The molecule has 5 N–H and O–H groups in total. The number of hydrogen-bond donors (Lipinski definition) is 5. The summed E-state index contributed by atoms with van der Waals surface area (Å²) in [7, 11) is 1.62. The van der Waals surface area contributed by atoms with Gasteiger partial charge in [0.2, 0.25) is 0 Å². The monoisotopic (exact) mass is 603 g/mol. The van der Waals surface area contributed by atoms with Gasteiger partial charge in [-0.15, -0.1) is 0 Å². The maximum Gasteiger partial charge on any atom is 0.274 e. The van der Waals surface area contributed by atoms with E-state index in [4.69, 9.17) is 16.3 Å². The maximum absolute atomic E-state index is 13.0. The first kappa shape index (κ1) is 32.1. The highest BCUT2D eigenvalue weighted by Gasteiger charge is 2.17. The molecule has 0 aliphatic heterocycles. The van der Waals surface area contributed by atoms with E-state index < -0.39 is 12.2 Å². The summed E-state index contributed by atoms with van der Waals surface area (Å²) in [5.41, 5.74) is 6.74. The highest BCUT2D eigenvalue weighted by Crippen LogP contribution is 2.39. The molecule has 0 spiro atoms. The van der Waals surface area contributed by atoms with E-state index in [1.54, 1.807) is 39.4 Å². The van der Waals surface area contributed by atoms with Crippen molar-refractivity contribution in [1.29, 1.82) is 0 Å². The zero-order valence-corrected chi connectivity index (χ0v) is 25.6. The first-order chi connectivity index (χ1) is 20.7. The number of pyridine rings is 2. The van der Waals surface area contributed by atoms with Crippen molar-refractivity contribution in [2.24, 2.45) is 0 Å². The summed E-state index contributed by atoms with van der Waals surface area (Å²) in [5.74, 6) is 0.373. The largest absolute Gasteiger partial charge is 0.496 e. The molecule has 0 saturated carbocycles. The van der Waals surface area contributed by atoms with Crippen LogP contribution in [-0.4, -0.2) is 58.5 Å². The standard InChI is InChI=1S/C33H38ClN5O4/c1-20(40)15-35-17-23-8-11-29(38-18-23)33(42)39-28-7-5-6-26(22(28)3)27-12-13-37-32(31(27)34)24-9-10-25(30(14-24)43-4)19-36-16-21(2)41/h5-14,18,20-21,35-36,40-41H,15-17,19H2,1-4H3,(H,39,42)/t20-,21+/m0/s1. The van der Waals surface area contributed by atoms with Crippen LogP contribution in [0.2, 0.25) is 5.02 Å². The number of ether oxygens (including phenoxy) is 1. The molecule has 9 nitrogen and oxygen atoms in total. The molecule has 0 bridgehead atoms. The molecule has 0 unspecified atom stereocenters. The van der Waals surface area contributed by atoms with E-state index in [1.807, 2.05) is 55.5 Å². The van der Waals surface area contributed by atoms with E-state index in [2.05, 4.69) is 25.9 Å². The fourth-order valence-electron chi connectivity index (χ4n) is 4.64. The molecule has 10 heteroatoms. The third kappa shape index (κ3) is 8.37. The molecule has 2 heterocycles. The quantitative estimate of drug-likeness (QED) is 0.145. The Bertz CT molecular complexity index is 1540. The molecule has 0 aliphatic rings. The summed E-state index contributed by atoms with van der Waals surface area (Å²) in [6, 6.07) is 16.9. The Morgan fingerprint density at radius 1 is 0.953 bits per heavy atom. The third-order valence-corrected chi connectivity index (χ3v) is 7.29. The van der Waals surface area contributed by atoms with Gasteiger partial charge < -0.3 is 30.9 Å². The van der Waals surface area contributed by atoms with Gasteiger partial charge in [-0.25, -0.2) is 0 Å². The van der Waals surface area contributed by atoms with Crippen molar-refractivity contribution in [3.05, 3.63) is 94.4 Å². The van der Waals surface area contributed by atoms with Crippen LogP contribution in [-0.2, 0) is 13.1 Å². The Labute approximate surface area is 257 Å². The van der Waals surface area contributed by atoms with Crippen LogP contribution in [0, 0.1) is 6.92 Å². The number of rotatable bonds is 13. The van der Waals surface area contributed by atoms with Crippen molar-refractivity contribution in [3.8, 4) is 28.1 Å². The number of nitrogens with one attached hydrogen (secondary N) is 3. The number of anilines is 1. The normalized spacial score (nSPS) is 12.5. The summed E-state index contributed by atoms with van der Waals surface area (Å²) in [6.45, 7) is 7.44. The van der Waals surface area contributed by atoms with Crippen LogP contribution in [0.25, 0.3) is 22.4 Å². The summed E-state index contributed by atoms with van der Waals surface area (Å²) in [5, 5.41) is 28.7. The number of amides is 1. The number of nitrogens with zero attached hydrogens (tertiary/aromatic N) is 2. The van der Waals surface area contributed by atoms with Gasteiger partial charge in [0.25, 0.3) is 5.91 Å². The Kier molecular flexibility index (Phi) is 11.2. The number of methoxy groups -OCH3 is 1. The Morgan fingerprint density at radius 2 is 1.70 bits per heavy atom. The lowest BCUT2D eigenvalue weighted by Gasteiger charge is -2.16.